The molecule has 2 N–H and O–H groups in total. The number of nitrogens with zero attached hydrogens (tertiary/aromatic N) is 5. The first kappa shape index (κ1) is 23.2. The van der Waals surface area contributed by atoms with Gasteiger partial charge in [0.05, 0.1) is 30.0 Å². The summed E-state index contributed by atoms with van der Waals surface area (Å²) in [4.78, 5) is 38.4. The first-order valence-corrected chi connectivity index (χ1v) is 11.8. The average molecular weight is 482 g/mol. The number of anilines is 2. The van der Waals surface area contributed by atoms with E-state index < -0.39 is 5.82 Å². The van der Waals surface area contributed by atoms with E-state index in [1.165, 1.54) is 16.8 Å². The molecule has 1 aliphatic carbocycles. The summed E-state index contributed by atoms with van der Waals surface area (Å²) >= 11 is 0. The van der Waals surface area contributed by atoms with Gasteiger partial charge in [-0.15, -0.1) is 0 Å². The van der Waals surface area contributed by atoms with Crippen molar-refractivity contribution in [3.63, 3.8) is 0 Å². The lowest BCUT2D eigenvalue weighted by Crippen LogP contribution is -2.36. The number of amides is 1. The Morgan fingerprint density at radius 2 is 2.00 bits per heavy atom. The predicted octanol–water partition coefficient (Wildman–Crippen LogP) is 1.98. The van der Waals surface area contributed by atoms with Crippen LogP contribution in [-0.4, -0.2) is 51.7 Å². The fourth-order valence-corrected chi connectivity index (χ4v) is 4.93. The fraction of sp³-hybridized carbons (Fsp3) is 0.458. The number of aryl methyl sites for hydroxylation is 1. The molecule has 0 unspecified atom stereocenters. The van der Waals surface area contributed by atoms with Crippen molar-refractivity contribution in [1.82, 2.24) is 24.8 Å². The van der Waals surface area contributed by atoms with Crippen molar-refractivity contribution in [3.8, 4) is 5.75 Å². The molecule has 11 heteroatoms. The Kier molecular flexibility index (Phi) is 6.33. The number of nitrogens with one attached hydrogen (secondary N) is 2. The van der Waals surface area contributed by atoms with Crippen molar-refractivity contribution in [2.75, 3.05) is 30.4 Å². The summed E-state index contributed by atoms with van der Waals surface area (Å²) in [6.45, 7) is 1.18. The standard InChI is InChI=1S/C24H28FN7O3/c1-31(22-16(25)9-27-17-7-8-21(34)32(2)23(17)22)12-14-3-5-15(6-4-14)26-11-19-28-10-18-24(29-19)30-20(33)13-35-18/h7-10,14-15,26H,3-6,11-13H2,1-2H3,(H,28,29,30,33). The van der Waals surface area contributed by atoms with E-state index in [1.54, 1.807) is 19.3 Å². The molecular weight excluding hydrogens is 453 g/mol. The normalized spacial score (nSPS) is 19.7. The molecule has 3 aromatic heterocycles. The topological polar surface area (TPSA) is 114 Å². The van der Waals surface area contributed by atoms with Gasteiger partial charge in [0.25, 0.3) is 11.5 Å². The van der Waals surface area contributed by atoms with Crippen LogP contribution >= 0.6 is 0 Å². The Morgan fingerprint density at radius 3 is 2.80 bits per heavy atom. The van der Waals surface area contributed by atoms with Crippen LogP contribution in [0.2, 0.25) is 0 Å². The van der Waals surface area contributed by atoms with E-state index >= 15 is 0 Å². The Bertz CT molecular complexity index is 1320. The second-order valence-corrected chi connectivity index (χ2v) is 9.23. The van der Waals surface area contributed by atoms with Gasteiger partial charge in [-0.05, 0) is 37.7 Å². The third-order valence-electron chi connectivity index (χ3n) is 6.79. The van der Waals surface area contributed by atoms with E-state index in [9.17, 15) is 14.0 Å². The quantitative estimate of drug-likeness (QED) is 0.549. The van der Waals surface area contributed by atoms with Crippen molar-refractivity contribution >= 4 is 28.4 Å². The number of pyridine rings is 2. The van der Waals surface area contributed by atoms with Gasteiger partial charge in [-0.3, -0.25) is 14.6 Å². The Hall–Kier alpha value is -3.60. The minimum Gasteiger partial charge on any atom is -0.478 e. The summed E-state index contributed by atoms with van der Waals surface area (Å²) in [7, 11) is 3.52. The highest BCUT2D eigenvalue weighted by Gasteiger charge is 2.25. The molecule has 184 valence electrons. The minimum absolute atomic E-state index is 0.0193. The molecule has 0 spiro atoms. The van der Waals surface area contributed by atoms with E-state index in [1.807, 2.05) is 11.9 Å². The number of hydrogen-bond acceptors (Lipinski definition) is 8. The molecule has 1 amide bonds. The van der Waals surface area contributed by atoms with Crippen LogP contribution in [0.15, 0.2) is 29.3 Å². The number of halogens is 1. The Labute approximate surface area is 201 Å². The van der Waals surface area contributed by atoms with Crippen molar-refractivity contribution in [1.29, 1.82) is 0 Å². The first-order chi connectivity index (χ1) is 16.9. The third kappa shape index (κ3) is 4.81. The summed E-state index contributed by atoms with van der Waals surface area (Å²) in [5, 5.41) is 6.21. The molecule has 10 nitrogen and oxygen atoms in total. The number of rotatable bonds is 6. The average Bonchev–Trinajstić information content (AvgIpc) is 2.85. The lowest BCUT2D eigenvalue weighted by Gasteiger charge is -2.33. The lowest BCUT2D eigenvalue weighted by molar-refractivity contribution is -0.118. The summed E-state index contributed by atoms with van der Waals surface area (Å²) in [6, 6.07) is 3.42. The van der Waals surface area contributed by atoms with Crippen LogP contribution in [0.4, 0.5) is 15.9 Å². The van der Waals surface area contributed by atoms with E-state index in [0.29, 0.717) is 59.2 Å². The predicted molar refractivity (Wildman–Crippen MR) is 129 cm³/mol. The van der Waals surface area contributed by atoms with Crippen LogP contribution in [0.3, 0.4) is 0 Å². The molecule has 1 fully saturated rings. The van der Waals surface area contributed by atoms with Gasteiger partial charge in [0.15, 0.2) is 24.0 Å². The van der Waals surface area contributed by atoms with Gasteiger partial charge in [-0.25, -0.2) is 14.4 Å². The number of ether oxygens (including phenoxy) is 1. The molecule has 5 rings (SSSR count). The largest absolute Gasteiger partial charge is 0.478 e. The van der Waals surface area contributed by atoms with E-state index in [0.717, 1.165) is 25.7 Å². The number of aromatic nitrogens is 4. The molecule has 0 aromatic carbocycles. The zero-order valence-corrected chi connectivity index (χ0v) is 19.8. The Balaban J connectivity index is 1.18. The number of carbonyl (C=O) groups excluding carboxylic acids is 1. The molecule has 0 saturated heterocycles. The van der Waals surface area contributed by atoms with Gasteiger partial charge in [-0.1, -0.05) is 0 Å². The van der Waals surface area contributed by atoms with E-state index in [-0.39, 0.29) is 18.1 Å². The lowest BCUT2D eigenvalue weighted by atomic mass is 9.85. The molecule has 4 heterocycles. The first-order valence-electron chi connectivity index (χ1n) is 11.8. The highest BCUT2D eigenvalue weighted by molar-refractivity contribution is 5.94. The molecular formula is C24H28FN7O3. The van der Waals surface area contributed by atoms with Crippen molar-refractivity contribution in [2.24, 2.45) is 13.0 Å². The van der Waals surface area contributed by atoms with Crippen molar-refractivity contribution < 1.29 is 13.9 Å². The maximum absolute atomic E-state index is 14.8. The van der Waals surface area contributed by atoms with Crippen LogP contribution in [-0.2, 0) is 18.4 Å². The summed E-state index contributed by atoms with van der Waals surface area (Å²) < 4.78 is 21.6. The van der Waals surface area contributed by atoms with Crippen LogP contribution in [0.25, 0.3) is 11.0 Å². The van der Waals surface area contributed by atoms with Gasteiger partial charge in [0, 0.05) is 32.7 Å². The molecule has 1 aliphatic heterocycles. The van der Waals surface area contributed by atoms with Gasteiger partial charge in [0.2, 0.25) is 0 Å². The van der Waals surface area contributed by atoms with Crippen molar-refractivity contribution in [3.05, 3.63) is 46.5 Å². The van der Waals surface area contributed by atoms with Gasteiger partial charge in [0.1, 0.15) is 11.5 Å². The molecule has 3 aromatic rings. The molecule has 0 bridgehead atoms. The van der Waals surface area contributed by atoms with Gasteiger partial charge < -0.3 is 24.8 Å². The highest BCUT2D eigenvalue weighted by atomic mass is 19.1. The number of fused-ring (bicyclic) bond motifs is 2. The smallest absolute Gasteiger partial charge is 0.263 e. The zero-order valence-electron chi connectivity index (χ0n) is 19.8. The highest BCUT2D eigenvalue weighted by Crippen LogP contribution is 2.31. The summed E-state index contributed by atoms with van der Waals surface area (Å²) in [6.07, 6.45) is 6.78. The van der Waals surface area contributed by atoms with E-state index in [2.05, 4.69) is 25.6 Å². The molecule has 1 saturated carbocycles. The molecule has 2 aliphatic rings. The van der Waals surface area contributed by atoms with Gasteiger partial charge in [-0.2, -0.15) is 0 Å². The maximum atomic E-state index is 14.8. The fourth-order valence-electron chi connectivity index (χ4n) is 4.93. The third-order valence-corrected chi connectivity index (χ3v) is 6.79. The molecule has 35 heavy (non-hydrogen) atoms. The number of hydrogen-bond donors (Lipinski definition) is 2. The summed E-state index contributed by atoms with van der Waals surface area (Å²) in [5.41, 5.74) is 1.33. The second kappa shape index (κ2) is 9.57. The van der Waals surface area contributed by atoms with Crippen molar-refractivity contribution in [2.45, 2.75) is 38.3 Å². The van der Waals surface area contributed by atoms with Crippen LogP contribution in [0, 0.1) is 11.7 Å². The Morgan fingerprint density at radius 1 is 1.20 bits per heavy atom. The zero-order chi connectivity index (χ0) is 24.5. The monoisotopic (exact) mass is 481 g/mol. The number of carbonyl (C=O) groups is 1. The van der Waals surface area contributed by atoms with Gasteiger partial charge >= 0.3 is 0 Å². The summed E-state index contributed by atoms with van der Waals surface area (Å²) in [5.74, 6) is 1.25. The van der Waals surface area contributed by atoms with Crippen LogP contribution in [0.5, 0.6) is 5.75 Å². The molecule has 0 atom stereocenters. The maximum Gasteiger partial charge on any atom is 0.263 e. The minimum atomic E-state index is -0.428. The van der Waals surface area contributed by atoms with Crippen LogP contribution < -0.4 is 25.8 Å². The van der Waals surface area contributed by atoms with E-state index in [4.69, 9.17) is 4.74 Å². The van der Waals surface area contributed by atoms with Crippen LogP contribution in [0.1, 0.15) is 31.5 Å². The second-order valence-electron chi connectivity index (χ2n) is 9.23. The SMILES string of the molecule is CN(CC1CCC(NCc2ncc3c(n2)NC(=O)CO3)CC1)c1c(F)cnc2ccc(=O)n(C)c12. The molecule has 0 radical (unpaired) electrons.